The maximum absolute atomic E-state index is 4.34. The van der Waals surface area contributed by atoms with E-state index in [1.165, 1.54) is 56.9 Å². The Bertz CT molecular complexity index is 286. The predicted molar refractivity (Wildman–Crippen MR) is 95.5 cm³/mol. The molecule has 1 rings (SSSR count). The summed E-state index contributed by atoms with van der Waals surface area (Å²) in [6, 6.07) is 0. The first-order valence-corrected chi connectivity index (χ1v) is 9.95. The molecule has 0 N–H and O–H groups in total. The molecular formula is C19H36S. The van der Waals surface area contributed by atoms with Crippen molar-refractivity contribution >= 4 is 11.8 Å². The molecule has 20 heavy (non-hydrogen) atoms. The summed E-state index contributed by atoms with van der Waals surface area (Å²) in [7, 11) is 0. The van der Waals surface area contributed by atoms with Crippen LogP contribution in [0.4, 0.5) is 0 Å². The summed E-state index contributed by atoms with van der Waals surface area (Å²) in [5.41, 5.74) is 1.39. The van der Waals surface area contributed by atoms with E-state index in [0.29, 0.717) is 4.75 Å². The summed E-state index contributed by atoms with van der Waals surface area (Å²) >= 11 is 2.05. The minimum absolute atomic E-state index is 0.297. The van der Waals surface area contributed by atoms with E-state index in [0.717, 1.165) is 17.8 Å². The normalized spacial score (nSPS) is 21.2. The van der Waals surface area contributed by atoms with Gasteiger partial charge in [-0.2, -0.15) is 11.8 Å². The molecule has 0 heterocycles. The first kappa shape index (κ1) is 18.1. The number of unbranched alkanes of at least 4 members (excludes halogenated alkanes) is 2. The molecule has 0 amide bonds. The van der Waals surface area contributed by atoms with Crippen LogP contribution in [0.3, 0.4) is 0 Å². The monoisotopic (exact) mass is 296 g/mol. The van der Waals surface area contributed by atoms with E-state index in [2.05, 4.69) is 40.5 Å². The molecule has 1 fully saturated rings. The lowest BCUT2D eigenvalue weighted by atomic mass is 9.73. The first-order valence-electron chi connectivity index (χ1n) is 8.72. The van der Waals surface area contributed by atoms with E-state index in [1.807, 2.05) is 11.8 Å². The second kappa shape index (κ2) is 8.51. The van der Waals surface area contributed by atoms with Crippen molar-refractivity contribution < 1.29 is 0 Å². The zero-order valence-electron chi connectivity index (χ0n) is 14.5. The summed E-state index contributed by atoms with van der Waals surface area (Å²) in [6.45, 7) is 13.8. The lowest BCUT2D eigenvalue weighted by Crippen LogP contribution is -2.38. The highest BCUT2D eigenvalue weighted by molar-refractivity contribution is 8.00. The quantitative estimate of drug-likeness (QED) is 0.302. The van der Waals surface area contributed by atoms with Crippen LogP contribution in [0.1, 0.15) is 79.1 Å². The van der Waals surface area contributed by atoms with Gasteiger partial charge in [0.05, 0.1) is 0 Å². The molecule has 1 aliphatic carbocycles. The molecule has 3 unspecified atom stereocenters. The summed E-state index contributed by atoms with van der Waals surface area (Å²) in [6.07, 6.45) is 13.6. The largest absolute Gasteiger partial charge is 0.154 e. The molecule has 0 bridgehead atoms. The molecule has 0 spiro atoms. The molecular weight excluding hydrogens is 260 g/mol. The van der Waals surface area contributed by atoms with Crippen LogP contribution in [0.2, 0.25) is 0 Å². The number of hydrogen-bond donors (Lipinski definition) is 0. The second-order valence-corrected chi connectivity index (χ2v) is 8.09. The fraction of sp³-hybridized carbons (Fsp3) is 0.895. The third-order valence-corrected chi connectivity index (χ3v) is 7.30. The summed E-state index contributed by atoms with van der Waals surface area (Å²) in [5.74, 6) is 2.71. The van der Waals surface area contributed by atoms with Crippen molar-refractivity contribution in [2.45, 2.75) is 83.8 Å². The second-order valence-electron chi connectivity index (χ2n) is 6.95. The Balaban J connectivity index is 2.76. The van der Waals surface area contributed by atoms with Gasteiger partial charge in [0, 0.05) is 4.75 Å². The molecule has 1 aliphatic rings. The van der Waals surface area contributed by atoms with Crippen molar-refractivity contribution in [2.24, 2.45) is 17.8 Å². The molecule has 118 valence electrons. The highest BCUT2D eigenvalue weighted by Gasteiger charge is 2.40. The van der Waals surface area contributed by atoms with E-state index in [1.54, 1.807) is 0 Å². The van der Waals surface area contributed by atoms with Gasteiger partial charge >= 0.3 is 0 Å². The van der Waals surface area contributed by atoms with E-state index >= 15 is 0 Å². The zero-order chi connectivity index (χ0) is 15.2. The third-order valence-electron chi connectivity index (χ3n) is 5.57. The number of rotatable bonds is 11. The van der Waals surface area contributed by atoms with E-state index in [9.17, 15) is 0 Å². The molecule has 1 heteroatoms. The van der Waals surface area contributed by atoms with E-state index < -0.39 is 0 Å². The fourth-order valence-electron chi connectivity index (χ4n) is 3.91. The van der Waals surface area contributed by atoms with Gasteiger partial charge in [-0.05, 0) is 43.8 Å². The minimum Gasteiger partial charge on any atom is -0.154 e. The third kappa shape index (κ3) is 4.55. The maximum atomic E-state index is 4.34. The SMILES string of the molecule is C=C(C)C(CC)(SC)C(C)C(CCCCC)CC1CC1. The fourth-order valence-corrected chi connectivity index (χ4v) is 5.11. The van der Waals surface area contributed by atoms with Crippen molar-refractivity contribution in [1.29, 1.82) is 0 Å². The van der Waals surface area contributed by atoms with Gasteiger partial charge in [-0.1, -0.05) is 71.4 Å². The standard InChI is InChI=1S/C19H36S/c1-7-9-10-11-18(14-17-12-13-17)16(5)19(8-2,20-6)15(3)4/h16-18H,3,7-14H2,1-2,4-6H3. The Labute approximate surface area is 132 Å². The van der Waals surface area contributed by atoms with Gasteiger partial charge in [-0.15, -0.1) is 0 Å². The van der Waals surface area contributed by atoms with Crippen LogP contribution in [0, 0.1) is 17.8 Å². The van der Waals surface area contributed by atoms with Crippen LogP contribution in [0.25, 0.3) is 0 Å². The summed E-state index contributed by atoms with van der Waals surface area (Å²) in [4.78, 5) is 0. The van der Waals surface area contributed by atoms with Gasteiger partial charge in [-0.3, -0.25) is 0 Å². The lowest BCUT2D eigenvalue weighted by Gasteiger charge is -2.42. The lowest BCUT2D eigenvalue weighted by molar-refractivity contribution is 0.248. The van der Waals surface area contributed by atoms with E-state index in [-0.39, 0.29) is 0 Å². The molecule has 0 aromatic heterocycles. The number of hydrogen-bond acceptors (Lipinski definition) is 1. The van der Waals surface area contributed by atoms with Crippen molar-refractivity contribution in [2.75, 3.05) is 6.26 Å². The van der Waals surface area contributed by atoms with E-state index in [4.69, 9.17) is 0 Å². The van der Waals surface area contributed by atoms with Gasteiger partial charge in [0.1, 0.15) is 0 Å². The predicted octanol–water partition coefficient (Wildman–Crippen LogP) is 6.71. The van der Waals surface area contributed by atoms with Crippen LogP contribution in [-0.2, 0) is 0 Å². The van der Waals surface area contributed by atoms with Crippen LogP contribution < -0.4 is 0 Å². The highest BCUT2D eigenvalue weighted by atomic mass is 32.2. The smallest absolute Gasteiger partial charge is 0.0385 e. The molecule has 3 atom stereocenters. The first-order chi connectivity index (χ1) is 9.51. The molecule has 0 aromatic carbocycles. The molecule has 0 aliphatic heterocycles. The van der Waals surface area contributed by atoms with Crippen LogP contribution in [0.5, 0.6) is 0 Å². The van der Waals surface area contributed by atoms with Crippen LogP contribution >= 0.6 is 11.8 Å². The molecule has 0 radical (unpaired) electrons. The maximum Gasteiger partial charge on any atom is 0.0385 e. The van der Waals surface area contributed by atoms with Gasteiger partial charge in [0.25, 0.3) is 0 Å². The average Bonchev–Trinajstić information content (AvgIpc) is 3.23. The van der Waals surface area contributed by atoms with Crippen molar-refractivity contribution in [3.63, 3.8) is 0 Å². The Morgan fingerprint density at radius 1 is 1.30 bits per heavy atom. The molecule has 0 saturated heterocycles. The Kier molecular flexibility index (Phi) is 7.72. The Hall–Kier alpha value is 0.0900. The summed E-state index contributed by atoms with van der Waals surface area (Å²) < 4.78 is 0.297. The van der Waals surface area contributed by atoms with Crippen LogP contribution in [-0.4, -0.2) is 11.0 Å². The average molecular weight is 297 g/mol. The minimum atomic E-state index is 0.297. The Morgan fingerprint density at radius 2 is 1.95 bits per heavy atom. The molecule has 0 aromatic rings. The molecule has 1 saturated carbocycles. The topological polar surface area (TPSA) is 0 Å². The zero-order valence-corrected chi connectivity index (χ0v) is 15.3. The highest BCUT2D eigenvalue weighted by Crippen LogP contribution is 2.48. The van der Waals surface area contributed by atoms with Gasteiger partial charge in [-0.25, -0.2) is 0 Å². The van der Waals surface area contributed by atoms with Crippen molar-refractivity contribution in [3.05, 3.63) is 12.2 Å². The van der Waals surface area contributed by atoms with Crippen LogP contribution in [0.15, 0.2) is 12.2 Å². The van der Waals surface area contributed by atoms with Crippen molar-refractivity contribution in [1.82, 2.24) is 0 Å². The number of thioether (sulfide) groups is 1. The molecule has 0 nitrogen and oxygen atoms in total. The summed E-state index contributed by atoms with van der Waals surface area (Å²) in [5, 5.41) is 0. The van der Waals surface area contributed by atoms with Gasteiger partial charge < -0.3 is 0 Å². The van der Waals surface area contributed by atoms with Crippen molar-refractivity contribution in [3.8, 4) is 0 Å². The van der Waals surface area contributed by atoms with Gasteiger partial charge in [0.15, 0.2) is 0 Å². The van der Waals surface area contributed by atoms with Gasteiger partial charge in [0.2, 0.25) is 0 Å². The Morgan fingerprint density at radius 3 is 2.35 bits per heavy atom.